The van der Waals surface area contributed by atoms with E-state index in [9.17, 15) is 9.90 Å². The van der Waals surface area contributed by atoms with Gasteiger partial charge in [-0.3, -0.25) is 4.79 Å². The van der Waals surface area contributed by atoms with Crippen LogP contribution in [0.2, 0.25) is 0 Å². The van der Waals surface area contributed by atoms with Crippen LogP contribution in [0.5, 0.6) is 11.6 Å². The minimum absolute atomic E-state index is 0.0473. The fraction of sp³-hybridized carbons (Fsp3) is 0.105. The number of hydrogen-bond donors (Lipinski definition) is 1. The summed E-state index contributed by atoms with van der Waals surface area (Å²) in [5.41, 5.74) is 1.36. The molecule has 25 heavy (non-hydrogen) atoms. The van der Waals surface area contributed by atoms with E-state index in [4.69, 9.17) is 4.74 Å². The van der Waals surface area contributed by atoms with E-state index in [2.05, 4.69) is 16.8 Å². The number of nitrogens with zero attached hydrogens (tertiary/aromatic N) is 3. The van der Waals surface area contributed by atoms with Crippen molar-refractivity contribution < 1.29 is 14.6 Å². The first-order chi connectivity index (χ1) is 12.1. The van der Waals surface area contributed by atoms with Crippen molar-refractivity contribution in [2.75, 3.05) is 6.61 Å². The van der Waals surface area contributed by atoms with Gasteiger partial charge in [0.1, 0.15) is 12.4 Å². The zero-order chi connectivity index (χ0) is 17.8. The molecular weight excluding hydrogens is 318 g/mol. The second kappa shape index (κ2) is 7.00. The van der Waals surface area contributed by atoms with E-state index < -0.39 is 5.91 Å². The molecule has 126 valence electrons. The Kier molecular flexibility index (Phi) is 4.61. The molecule has 2 aromatic carbocycles. The third-order valence-electron chi connectivity index (χ3n) is 3.77. The van der Waals surface area contributed by atoms with E-state index in [-0.39, 0.29) is 18.2 Å². The number of hydrogen-bond acceptors (Lipinski definition) is 4. The number of rotatable bonds is 5. The molecule has 0 aliphatic rings. The lowest BCUT2D eigenvalue weighted by molar-refractivity contribution is 0.0991. The van der Waals surface area contributed by atoms with E-state index in [1.165, 1.54) is 0 Å². The summed E-state index contributed by atoms with van der Waals surface area (Å²) in [4.78, 5) is 12.4. The van der Waals surface area contributed by atoms with Gasteiger partial charge in [0, 0.05) is 12.4 Å². The molecule has 6 nitrogen and oxygen atoms in total. The highest BCUT2D eigenvalue weighted by Crippen LogP contribution is 2.37. The zero-order valence-corrected chi connectivity index (χ0v) is 13.7. The average molecular weight is 335 g/mol. The van der Waals surface area contributed by atoms with E-state index >= 15 is 0 Å². The molecule has 0 aliphatic carbocycles. The van der Waals surface area contributed by atoms with Crippen molar-refractivity contribution in [1.82, 2.24) is 4.57 Å². The van der Waals surface area contributed by atoms with Crippen molar-refractivity contribution in [3.63, 3.8) is 0 Å². The predicted octanol–water partition coefficient (Wildman–Crippen LogP) is 4.37. The molecular formula is C19H17N3O3. The zero-order valence-electron chi connectivity index (χ0n) is 13.7. The van der Waals surface area contributed by atoms with Crippen LogP contribution < -0.4 is 4.74 Å². The number of aryl methyl sites for hydroxylation is 1. The molecule has 0 atom stereocenters. The fourth-order valence-corrected chi connectivity index (χ4v) is 2.53. The van der Waals surface area contributed by atoms with Crippen molar-refractivity contribution >= 4 is 22.5 Å². The smallest absolute Gasteiger partial charge is 0.299 e. The van der Waals surface area contributed by atoms with Crippen LogP contribution in [0.25, 0.3) is 10.9 Å². The summed E-state index contributed by atoms with van der Waals surface area (Å²) in [5, 5.41) is 18.7. The summed E-state index contributed by atoms with van der Waals surface area (Å²) < 4.78 is 7.06. The Hall–Kier alpha value is -3.41. The Morgan fingerprint density at radius 3 is 2.76 bits per heavy atom. The molecule has 0 saturated heterocycles. The van der Waals surface area contributed by atoms with Crippen molar-refractivity contribution in [3.05, 3.63) is 66.7 Å². The molecule has 0 fully saturated rings. The number of amides is 1. The van der Waals surface area contributed by atoms with Crippen molar-refractivity contribution in [2.24, 2.45) is 17.3 Å². The Morgan fingerprint density at radius 2 is 1.96 bits per heavy atom. The second-order valence-electron chi connectivity index (χ2n) is 5.35. The normalized spacial score (nSPS) is 11.1. The molecule has 0 spiro atoms. The monoisotopic (exact) mass is 335 g/mol. The lowest BCUT2D eigenvalue weighted by Gasteiger charge is -2.06. The van der Waals surface area contributed by atoms with Gasteiger partial charge < -0.3 is 14.4 Å². The summed E-state index contributed by atoms with van der Waals surface area (Å²) in [6, 6.07) is 14.2. The van der Waals surface area contributed by atoms with Crippen LogP contribution in [-0.4, -0.2) is 22.2 Å². The van der Waals surface area contributed by atoms with Crippen LogP contribution in [0.1, 0.15) is 10.4 Å². The highest BCUT2D eigenvalue weighted by Gasteiger charge is 2.15. The average Bonchev–Trinajstić information content (AvgIpc) is 2.89. The maximum atomic E-state index is 12.4. The standard InChI is InChI=1S/C19H17N3O3/c1-3-12-25-16-11-7-5-9-14(16)18(23)21-20-17-13-8-4-6-10-15(13)22(2)19(17)24/h3-11,24H,1,12H2,2H3. The predicted molar refractivity (Wildman–Crippen MR) is 95.6 cm³/mol. The minimum atomic E-state index is -0.549. The number of carbonyl (C=O) groups excluding carboxylic acids is 1. The molecule has 0 unspecified atom stereocenters. The third kappa shape index (κ3) is 3.14. The van der Waals surface area contributed by atoms with Crippen molar-refractivity contribution in [2.45, 2.75) is 0 Å². The number of benzene rings is 2. The van der Waals surface area contributed by atoms with Crippen LogP contribution in [0.3, 0.4) is 0 Å². The van der Waals surface area contributed by atoms with Gasteiger partial charge >= 0.3 is 0 Å². The van der Waals surface area contributed by atoms with Crippen molar-refractivity contribution in [3.8, 4) is 11.6 Å². The number of fused-ring (bicyclic) bond motifs is 1. The Balaban J connectivity index is 1.95. The van der Waals surface area contributed by atoms with Crippen LogP contribution in [0.15, 0.2) is 71.4 Å². The number of ether oxygens (including phenoxy) is 1. The maximum absolute atomic E-state index is 12.4. The lowest BCUT2D eigenvalue weighted by Crippen LogP contribution is -2.01. The Bertz CT molecular complexity index is 973. The minimum Gasteiger partial charge on any atom is -0.493 e. The number of aromatic hydroxyl groups is 1. The third-order valence-corrected chi connectivity index (χ3v) is 3.77. The molecule has 0 aliphatic heterocycles. The van der Waals surface area contributed by atoms with Gasteiger partial charge in [0.15, 0.2) is 5.69 Å². The van der Waals surface area contributed by atoms with Crippen LogP contribution in [0, 0.1) is 0 Å². The van der Waals surface area contributed by atoms with Gasteiger partial charge in [-0.25, -0.2) is 0 Å². The van der Waals surface area contributed by atoms with Gasteiger partial charge in [0.05, 0.1) is 11.1 Å². The Morgan fingerprint density at radius 1 is 1.24 bits per heavy atom. The molecule has 3 aromatic rings. The molecule has 0 radical (unpaired) electrons. The summed E-state index contributed by atoms with van der Waals surface area (Å²) in [5.74, 6) is -0.186. The number of azo groups is 1. The summed E-state index contributed by atoms with van der Waals surface area (Å²) >= 11 is 0. The largest absolute Gasteiger partial charge is 0.493 e. The van der Waals surface area contributed by atoms with Crippen LogP contribution in [-0.2, 0) is 7.05 Å². The second-order valence-corrected chi connectivity index (χ2v) is 5.35. The molecule has 3 rings (SSSR count). The van der Waals surface area contributed by atoms with Gasteiger partial charge in [0.2, 0.25) is 5.88 Å². The van der Waals surface area contributed by atoms with Gasteiger partial charge in [0.25, 0.3) is 5.91 Å². The molecule has 0 bridgehead atoms. The SMILES string of the molecule is C=CCOc1ccccc1C(=O)N=Nc1c(O)n(C)c2ccccc12. The van der Waals surface area contributed by atoms with Gasteiger partial charge in [-0.15, -0.1) is 10.2 Å². The molecule has 6 heteroatoms. The molecule has 1 aromatic heterocycles. The summed E-state index contributed by atoms with van der Waals surface area (Å²) in [6.07, 6.45) is 1.59. The molecule has 1 N–H and O–H groups in total. The number of aromatic nitrogens is 1. The number of carbonyl (C=O) groups is 1. The first-order valence-corrected chi connectivity index (χ1v) is 7.68. The fourth-order valence-electron chi connectivity index (χ4n) is 2.53. The van der Waals surface area contributed by atoms with Crippen molar-refractivity contribution in [1.29, 1.82) is 0 Å². The van der Waals surface area contributed by atoms with E-state index in [1.807, 2.05) is 24.3 Å². The lowest BCUT2D eigenvalue weighted by atomic mass is 10.2. The van der Waals surface area contributed by atoms with Crippen LogP contribution >= 0.6 is 0 Å². The topological polar surface area (TPSA) is 76.2 Å². The Labute approximate surface area is 144 Å². The van der Waals surface area contributed by atoms with Gasteiger partial charge in [-0.05, 0) is 18.2 Å². The summed E-state index contributed by atoms with van der Waals surface area (Å²) in [7, 11) is 1.72. The van der Waals surface area contributed by atoms with Crippen LogP contribution in [0.4, 0.5) is 5.69 Å². The quantitative estimate of drug-likeness (QED) is 0.555. The first-order valence-electron chi connectivity index (χ1n) is 7.68. The van der Waals surface area contributed by atoms with Gasteiger partial charge in [-0.2, -0.15) is 0 Å². The summed E-state index contributed by atoms with van der Waals surface area (Å²) in [6.45, 7) is 3.87. The van der Waals surface area contributed by atoms with Gasteiger partial charge in [-0.1, -0.05) is 43.0 Å². The van der Waals surface area contributed by atoms with E-state index in [0.717, 1.165) is 10.9 Å². The first kappa shape index (κ1) is 16.4. The molecule has 1 heterocycles. The maximum Gasteiger partial charge on any atom is 0.299 e. The highest BCUT2D eigenvalue weighted by atomic mass is 16.5. The highest BCUT2D eigenvalue weighted by molar-refractivity contribution is 5.98. The number of para-hydroxylation sites is 2. The van der Waals surface area contributed by atoms with E-state index in [0.29, 0.717) is 11.3 Å². The molecule has 1 amide bonds. The van der Waals surface area contributed by atoms with E-state index in [1.54, 1.807) is 42.0 Å². The molecule has 0 saturated carbocycles.